The molecule has 0 radical (unpaired) electrons. The van der Waals surface area contributed by atoms with Gasteiger partial charge >= 0.3 is 6.18 Å². The monoisotopic (exact) mass is 389 g/mol. The second-order valence-electron chi connectivity index (χ2n) is 6.13. The van der Waals surface area contributed by atoms with E-state index in [2.05, 4.69) is 25.6 Å². The Hall–Kier alpha value is -3.20. The first kappa shape index (κ1) is 19.6. The van der Waals surface area contributed by atoms with Crippen molar-refractivity contribution in [2.45, 2.75) is 19.1 Å². The zero-order valence-corrected chi connectivity index (χ0v) is 14.9. The van der Waals surface area contributed by atoms with E-state index in [1.54, 1.807) is 37.5 Å². The number of hydrogen-bond donors (Lipinski definition) is 3. The molecule has 9 heteroatoms. The molecule has 1 atom stereocenters. The number of halogens is 3. The van der Waals surface area contributed by atoms with Crippen LogP contribution >= 0.6 is 0 Å². The number of aliphatic hydroxyl groups excluding tert-OH is 1. The van der Waals surface area contributed by atoms with Crippen LogP contribution in [0.4, 0.5) is 30.6 Å². The number of aromatic nitrogens is 3. The highest BCUT2D eigenvalue weighted by molar-refractivity contribution is 5.67. The van der Waals surface area contributed by atoms with Gasteiger partial charge in [0, 0.05) is 35.8 Å². The quantitative estimate of drug-likeness (QED) is 0.589. The van der Waals surface area contributed by atoms with Gasteiger partial charge in [0.1, 0.15) is 5.82 Å². The zero-order chi connectivity index (χ0) is 20.1. The Morgan fingerprint density at radius 2 is 1.71 bits per heavy atom. The summed E-state index contributed by atoms with van der Waals surface area (Å²) in [7, 11) is 0. The van der Waals surface area contributed by atoms with E-state index in [-0.39, 0.29) is 18.6 Å². The SMILES string of the molecule is C[C@@H](CO)Nc1nc(Nc2ccc(C(F)(F)F)cc2)cc(-c2ccncc2)n1. The fourth-order valence-electron chi connectivity index (χ4n) is 2.40. The number of hydrogen-bond acceptors (Lipinski definition) is 6. The van der Waals surface area contributed by atoms with Crippen molar-refractivity contribution in [1.82, 2.24) is 15.0 Å². The molecule has 28 heavy (non-hydrogen) atoms. The third kappa shape index (κ3) is 4.95. The van der Waals surface area contributed by atoms with Crippen molar-refractivity contribution < 1.29 is 18.3 Å². The van der Waals surface area contributed by atoms with E-state index < -0.39 is 11.7 Å². The van der Waals surface area contributed by atoms with Crippen molar-refractivity contribution in [3.05, 3.63) is 60.4 Å². The number of rotatable bonds is 6. The van der Waals surface area contributed by atoms with Crippen molar-refractivity contribution in [2.75, 3.05) is 17.2 Å². The minimum absolute atomic E-state index is 0.107. The number of benzene rings is 1. The summed E-state index contributed by atoms with van der Waals surface area (Å²) in [6.45, 7) is 1.66. The van der Waals surface area contributed by atoms with E-state index in [0.29, 0.717) is 17.2 Å². The lowest BCUT2D eigenvalue weighted by Gasteiger charge is -2.14. The zero-order valence-electron chi connectivity index (χ0n) is 14.9. The van der Waals surface area contributed by atoms with Gasteiger partial charge in [0.05, 0.1) is 17.9 Å². The molecule has 0 aliphatic carbocycles. The number of aliphatic hydroxyl groups is 1. The summed E-state index contributed by atoms with van der Waals surface area (Å²) >= 11 is 0. The maximum absolute atomic E-state index is 12.7. The lowest BCUT2D eigenvalue weighted by Crippen LogP contribution is -2.21. The molecule has 146 valence electrons. The predicted octanol–water partition coefficient (Wildman–Crippen LogP) is 4.09. The summed E-state index contributed by atoms with van der Waals surface area (Å²) < 4.78 is 38.2. The molecule has 0 fully saturated rings. The van der Waals surface area contributed by atoms with Crippen LogP contribution < -0.4 is 10.6 Å². The Bertz CT molecular complexity index is 917. The lowest BCUT2D eigenvalue weighted by molar-refractivity contribution is -0.137. The van der Waals surface area contributed by atoms with Gasteiger partial charge in [0.15, 0.2) is 0 Å². The largest absolute Gasteiger partial charge is 0.416 e. The van der Waals surface area contributed by atoms with Crippen molar-refractivity contribution in [3.8, 4) is 11.3 Å². The molecule has 0 saturated carbocycles. The molecule has 0 aliphatic rings. The molecule has 0 bridgehead atoms. The fraction of sp³-hybridized carbons (Fsp3) is 0.211. The first-order chi connectivity index (χ1) is 13.3. The van der Waals surface area contributed by atoms with E-state index in [1.807, 2.05) is 0 Å². The molecule has 2 aromatic heterocycles. The number of alkyl halides is 3. The van der Waals surface area contributed by atoms with Crippen LogP contribution in [0.15, 0.2) is 54.9 Å². The van der Waals surface area contributed by atoms with Gasteiger partial charge in [0.2, 0.25) is 5.95 Å². The average molecular weight is 389 g/mol. The van der Waals surface area contributed by atoms with Crippen LogP contribution in [0.25, 0.3) is 11.3 Å². The molecular formula is C19H18F3N5O. The minimum atomic E-state index is -4.39. The summed E-state index contributed by atoms with van der Waals surface area (Å²) in [5.41, 5.74) is 1.12. The van der Waals surface area contributed by atoms with Crippen LogP contribution in [0, 0.1) is 0 Å². The number of nitrogens with one attached hydrogen (secondary N) is 2. The standard InChI is InChI=1S/C19H18F3N5O/c1-12(11-28)24-18-26-16(13-6-8-23-9-7-13)10-17(27-18)25-15-4-2-14(3-5-15)19(20,21)22/h2-10,12,28H,11H2,1H3,(H2,24,25,26,27)/t12-/m0/s1. The van der Waals surface area contributed by atoms with Crippen LogP contribution in [-0.4, -0.2) is 32.7 Å². The average Bonchev–Trinajstić information content (AvgIpc) is 2.68. The summed E-state index contributed by atoms with van der Waals surface area (Å²) in [6.07, 6.45) is -1.13. The Kier molecular flexibility index (Phi) is 5.74. The summed E-state index contributed by atoms with van der Waals surface area (Å²) in [4.78, 5) is 12.7. The van der Waals surface area contributed by atoms with Crippen molar-refractivity contribution in [3.63, 3.8) is 0 Å². The molecule has 0 spiro atoms. The topological polar surface area (TPSA) is 83.0 Å². The van der Waals surface area contributed by atoms with Gasteiger partial charge in [-0.1, -0.05) is 0 Å². The molecule has 0 unspecified atom stereocenters. The summed E-state index contributed by atoms with van der Waals surface area (Å²) in [5, 5.41) is 15.2. The van der Waals surface area contributed by atoms with Crippen molar-refractivity contribution in [2.24, 2.45) is 0 Å². The lowest BCUT2D eigenvalue weighted by atomic mass is 10.2. The molecule has 6 nitrogen and oxygen atoms in total. The third-order valence-corrected chi connectivity index (χ3v) is 3.84. The smallest absolute Gasteiger partial charge is 0.394 e. The molecule has 0 aliphatic heterocycles. The van der Waals surface area contributed by atoms with Crippen LogP contribution in [-0.2, 0) is 6.18 Å². The van der Waals surface area contributed by atoms with Crippen LogP contribution in [0.1, 0.15) is 12.5 Å². The van der Waals surface area contributed by atoms with Gasteiger partial charge < -0.3 is 15.7 Å². The van der Waals surface area contributed by atoms with Crippen LogP contribution in [0.3, 0.4) is 0 Å². The Balaban J connectivity index is 1.91. The maximum Gasteiger partial charge on any atom is 0.416 e. The summed E-state index contributed by atoms with van der Waals surface area (Å²) in [6, 6.07) is 9.64. The van der Waals surface area contributed by atoms with Gasteiger partial charge in [-0.25, -0.2) is 4.98 Å². The van der Waals surface area contributed by atoms with Gasteiger partial charge in [0.25, 0.3) is 0 Å². The first-order valence-electron chi connectivity index (χ1n) is 8.46. The molecule has 1 aromatic carbocycles. The third-order valence-electron chi connectivity index (χ3n) is 3.84. The second-order valence-corrected chi connectivity index (χ2v) is 6.13. The molecule has 3 N–H and O–H groups in total. The second kappa shape index (κ2) is 8.22. The Morgan fingerprint density at radius 1 is 1.04 bits per heavy atom. The number of nitrogens with zero attached hydrogens (tertiary/aromatic N) is 3. The maximum atomic E-state index is 12.7. The summed E-state index contributed by atoms with van der Waals surface area (Å²) in [5.74, 6) is 0.680. The van der Waals surface area contributed by atoms with E-state index in [0.717, 1.165) is 17.7 Å². The van der Waals surface area contributed by atoms with Gasteiger partial charge in [-0.2, -0.15) is 18.2 Å². The van der Waals surface area contributed by atoms with E-state index in [4.69, 9.17) is 0 Å². The highest BCUT2D eigenvalue weighted by Gasteiger charge is 2.29. The number of anilines is 3. The van der Waals surface area contributed by atoms with Crippen molar-refractivity contribution in [1.29, 1.82) is 0 Å². The van der Waals surface area contributed by atoms with Crippen LogP contribution in [0.5, 0.6) is 0 Å². The molecule has 0 amide bonds. The van der Waals surface area contributed by atoms with E-state index in [1.165, 1.54) is 12.1 Å². The highest BCUT2D eigenvalue weighted by atomic mass is 19.4. The number of pyridine rings is 1. The molecule has 3 rings (SSSR count). The predicted molar refractivity (Wildman–Crippen MR) is 100 cm³/mol. The van der Waals surface area contributed by atoms with E-state index in [9.17, 15) is 18.3 Å². The molecule has 0 saturated heterocycles. The molecule has 2 heterocycles. The minimum Gasteiger partial charge on any atom is -0.394 e. The fourth-order valence-corrected chi connectivity index (χ4v) is 2.40. The van der Waals surface area contributed by atoms with Gasteiger partial charge in [-0.15, -0.1) is 0 Å². The molecule has 3 aromatic rings. The Labute approximate surface area is 159 Å². The van der Waals surface area contributed by atoms with Gasteiger partial charge in [-0.3, -0.25) is 4.98 Å². The normalized spacial score (nSPS) is 12.5. The van der Waals surface area contributed by atoms with E-state index >= 15 is 0 Å². The van der Waals surface area contributed by atoms with Crippen LogP contribution in [0.2, 0.25) is 0 Å². The first-order valence-corrected chi connectivity index (χ1v) is 8.46. The van der Waals surface area contributed by atoms with Gasteiger partial charge in [-0.05, 0) is 43.3 Å². The molecular weight excluding hydrogens is 371 g/mol. The van der Waals surface area contributed by atoms with Crippen molar-refractivity contribution >= 4 is 17.5 Å². The highest BCUT2D eigenvalue weighted by Crippen LogP contribution is 2.30. The Morgan fingerprint density at radius 3 is 2.32 bits per heavy atom.